The first-order chi connectivity index (χ1) is 9.31. The average Bonchev–Trinajstić information content (AvgIpc) is 3.23. The van der Waals surface area contributed by atoms with E-state index in [1.165, 1.54) is 55.4 Å². The van der Waals surface area contributed by atoms with E-state index in [1.807, 2.05) is 0 Å². The van der Waals surface area contributed by atoms with Crippen molar-refractivity contribution in [2.75, 3.05) is 19.6 Å². The fraction of sp³-hybridized carbons (Fsp3) is 0.625. The van der Waals surface area contributed by atoms with Gasteiger partial charge in [-0.15, -0.1) is 12.4 Å². The van der Waals surface area contributed by atoms with Gasteiger partial charge in [0, 0.05) is 23.6 Å². The van der Waals surface area contributed by atoms with E-state index in [9.17, 15) is 0 Å². The van der Waals surface area contributed by atoms with Crippen LogP contribution in [0.15, 0.2) is 28.7 Å². The normalized spacial score (nSPS) is 22.6. The maximum absolute atomic E-state index is 3.57. The molecule has 1 atom stereocenters. The standard InChI is InChI=1S/C16H23BrN2.ClH/c17-15-5-1-3-13(9-15)11-19(16-6-7-16)12-14-4-2-8-18-10-14;/h1,3,5,9,14,16,18H,2,4,6-8,10-12H2;1H. The van der Waals surface area contributed by atoms with Crippen LogP contribution in [0.25, 0.3) is 0 Å². The Morgan fingerprint density at radius 2 is 2.10 bits per heavy atom. The van der Waals surface area contributed by atoms with E-state index in [2.05, 4.69) is 50.4 Å². The summed E-state index contributed by atoms with van der Waals surface area (Å²) >= 11 is 3.57. The first kappa shape index (κ1) is 16.3. The average molecular weight is 360 g/mol. The Hall–Kier alpha value is -0.0900. The maximum atomic E-state index is 3.57. The molecule has 0 spiro atoms. The van der Waals surface area contributed by atoms with Crippen LogP contribution in [0.3, 0.4) is 0 Å². The van der Waals surface area contributed by atoms with Crippen molar-refractivity contribution < 1.29 is 0 Å². The number of piperidine rings is 1. The van der Waals surface area contributed by atoms with E-state index < -0.39 is 0 Å². The van der Waals surface area contributed by atoms with Gasteiger partial charge in [0.15, 0.2) is 0 Å². The van der Waals surface area contributed by atoms with Gasteiger partial charge in [0.05, 0.1) is 0 Å². The minimum Gasteiger partial charge on any atom is -0.316 e. The van der Waals surface area contributed by atoms with Crippen molar-refractivity contribution in [1.29, 1.82) is 0 Å². The van der Waals surface area contributed by atoms with Crippen LogP contribution in [0.1, 0.15) is 31.2 Å². The van der Waals surface area contributed by atoms with Crippen LogP contribution in [0, 0.1) is 5.92 Å². The second kappa shape index (κ2) is 7.79. The van der Waals surface area contributed by atoms with E-state index in [4.69, 9.17) is 0 Å². The SMILES string of the molecule is Brc1cccc(CN(CC2CCCNC2)C2CC2)c1.Cl. The molecule has 112 valence electrons. The molecule has 1 N–H and O–H groups in total. The van der Waals surface area contributed by atoms with Crippen molar-refractivity contribution in [3.8, 4) is 0 Å². The third kappa shape index (κ3) is 4.73. The van der Waals surface area contributed by atoms with Crippen LogP contribution in [0.2, 0.25) is 0 Å². The zero-order valence-corrected chi connectivity index (χ0v) is 14.3. The molecule has 20 heavy (non-hydrogen) atoms. The Labute approximate surface area is 136 Å². The molecule has 2 nitrogen and oxygen atoms in total. The van der Waals surface area contributed by atoms with Gasteiger partial charge in [-0.1, -0.05) is 28.1 Å². The summed E-state index contributed by atoms with van der Waals surface area (Å²) in [5.74, 6) is 0.849. The Balaban J connectivity index is 0.00000147. The number of hydrogen-bond acceptors (Lipinski definition) is 2. The lowest BCUT2D eigenvalue weighted by Gasteiger charge is -2.30. The summed E-state index contributed by atoms with van der Waals surface area (Å²) < 4.78 is 1.19. The van der Waals surface area contributed by atoms with E-state index in [0.717, 1.165) is 18.5 Å². The van der Waals surface area contributed by atoms with Gasteiger partial charge in [0.25, 0.3) is 0 Å². The molecule has 3 rings (SSSR count). The number of nitrogens with zero attached hydrogens (tertiary/aromatic N) is 1. The van der Waals surface area contributed by atoms with Crippen LogP contribution in [0.5, 0.6) is 0 Å². The molecule has 0 radical (unpaired) electrons. The maximum Gasteiger partial charge on any atom is 0.0237 e. The third-order valence-corrected chi connectivity index (χ3v) is 4.72. The summed E-state index contributed by atoms with van der Waals surface area (Å²) in [6, 6.07) is 9.61. The molecule has 1 aromatic rings. The van der Waals surface area contributed by atoms with E-state index >= 15 is 0 Å². The van der Waals surface area contributed by atoms with Gasteiger partial charge < -0.3 is 5.32 Å². The van der Waals surface area contributed by atoms with Crippen molar-refractivity contribution in [2.45, 2.75) is 38.3 Å². The summed E-state index contributed by atoms with van der Waals surface area (Å²) in [4.78, 5) is 2.71. The number of hydrogen-bond donors (Lipinski definition) is 1. The molecule has 0 amide bonds. The van der Waals surface area contributed by atoms with E-state index in [1.54, 1.807) is 0 Å². The van der Waals surface area contributed by atoms with Gasteiger partial charge in [0.2, 0.25) is 0 Å². The third-order valence-electron chi connectivity index (χ3n) is 4.23. The van der Waals surface area contributed by atoms with Crippen LogP contribution in [-0.2, 0) is 6.54 Å². The molecular weight excluding hydrogens is 336 g/mol. The van der Waals surface area contributed by atoms with E-state index in [-0.39, 0.29) is 12.4 Å². The predicted octanol–water partition coefficient (Wildman–Crippen LogP) is 3.83. The molecule has 4 heteroatoms. The zero-order chi connectivity index (χ0) is 13.1. The van der Waals surface area contributed by atoms with Crippen molar-refractivity contribution in [2.24, 2.45) is 5.92 Å². The first-order valence-electron chi connectivity index (χ1n) is 7.50. The Morgan fingerprint density at radius 1 is 1.25 bits per heavy atom. The van der Waals surface area contributed by atoms with Gasteiger partial charge in [-0.05, 0) is 62.4 Å². The highest BCUT2D eigenvalue weighted by molar-refractivity contribution is 9.10. The second-order valence-corrected chi connectivity index (χ2v) is 6.92. The molecule has 2 fully saturated rings. The summed E-state index contributed by atoms with van der Waals surface area (Å²) in [6.07, 6.45) is 5.54. The lowest BCUT2D eigenvalue weighted by Crippen LogP contribution is -2.39. The lowest BCUT2D eigenvalue weighted by atomic mass is 9.98. The van der Waals surface area contributed by atoms with Crippen LogP contribution in [0.4, 0.5) is 0 Å². The van der Waals surface area contributed by atoms with Crippen molar-refractivity contribution in [3.05, 3.63) is 34.3 Å². The molecular formula is C16H24BrClN2. The molecule has 1 aliphatic carbocycles. The van der Waals surface area contributed by atoms with Crippen molar-refractivity contribution >= 4 is 28.3 Å². The van der Waals surface area contributed by atoms with Gasteiger partial charge in [0.1, 0.15) is 0 Å². The number of nitrogens with one attached hydrogen (secondary N) is 1. The van der Waals surface area contributed by atoms with Gasteiger partial charge in [-0.25, -0.2) is 0 Å². The quantitative estimate of drug-likeness (QED) is 0.859. The number of rotatable bonds is 5. The van der Waals surface area contributed by atoms with Crippen LogP contribution < -0.4 is 5.32 Å². The van der Waals surface area contributed by atoms with Gasteiger partial charge >= 0.3 is 0 Å². The lowest BCUT2D eigenvalue weighted by molar-refractivity contribution is 0.193. The van der Waals surface area contributed by atoms with E-state index in [0.29, 0.717) is 0 Å². The fourth-order valence-corrected chi connectivity index (χ4v) is 3.51. The number of benzene rings is 1. The summed E-state index contributed by atoms with van der Waals surface area (Å²) in [5.41, 5.74) is 1.44. The minimum atomic E-state index is 0. The highest BCUT2D eigenvalue weighted by Crippen LogP contribution is 2.30. The Kier molecular flexibility index (Phi) is 6.34. The minimum absolute atomic E-state index is 0. The van der Waals surface area contributed by atoms with Crippen molar-refractivity contribution in [1.82, 2.24) is 10.2 Å². The molecule has 1 saturated heterocycles. The van der Waals surface area contributed by atoms with Crippen LogP contribution >= 0.6 is 28.3 Å². The Bertz CT molecular complexity index is 417. The predicted molar refractivity (Wildman–Crippen MR) is 90.4 cm³/mol. The molecule has 1 heterocycles. The smallest absolute Gasteiger partial charge is 0.0237 e. The van der Waals surface area contributed by atoms with Gasteiger partial charge in [-0.2, -0.15) is 0 Å². The summed E-state index contributed by atoms with van der Waals surface area (Å²) in [7, 11) is 0. The number of halogens is 2. The highest BCUT2D eigenvalue weighted by Gasteiger charge is 2.30. The largest absolute Gasteiger partial charge is 0.316 e. The second-order valence-electron chi connectivity index (χ2n) is 6.00. The Morgan fingerprint density at radius 3 is 2.75 bits per heavy atom. The monoisotopic (exact) mass is 358 g/mol. The van der Waals surface area contributed by atoms with Crippen molar-refractivity contribution in [3.63, 3.8) is 0 Å². The molecule has 1 saturated carbocycles. The molecule has 1 unspecified atom stereocenters. The fourth-order valence-electron chi connectivity index (χ4n) is 3.06. The topological polar surface area (TPSA) is 15.3 Å². The zero-order valence-electron chi connectivity index (χ0n) is 11.9. The van der Waals surface area contributed by atoms with Gasteiger partial charge in [-0.3, -0.25) is 4.90 Å². The molecule has 1 aromatic carbocycles. The molecule has 1 aliphatic heterocycles. The molecule has 0 bridgehead atoms. The molecule has 2 aliphatic rings. The molecule has 0 aromatic heterocycles. The highest BCUT2D eigenvalue weighted by atomic mass is 79.9. The summed E-state index contributed by atoms with van der Waals surface area (Å²) in [6.45, 7) is 4.80. The van der Waals surface area contributed by atoms with Crippen LogP contribution in [-0.4, -0.2) is 30.6 Å². The first-order valence-corrected chi connectivity index (χ1v) is 8.30. The summed E-state index contributed by atoms with van der Waals surface area (Å²) in [5, 5.41) is 3.54.